The van der Waals surface area contributed by atoms with Crippen molar-refractivity contribution in [2.45, 2.75) is 44.4 Å². The molecule has 7 atom stereocenters. The monoisotopic (exact) mass is 250 g/mol. The number of aliphatic hydroxyl groups excluding tert-OH is 1. The summed E-state index contributed by atoms with van der Waals surface area (Å²) in [6, 6.07) is 0. The average Bonchev–Trinajstić information content (AvgIpc) is 2.96. The van der Waals surface area contributed by atoms with Gasteiger partial charge in [0.15, 0.2) is 11.6 Å². The van der Waals surface area contributed by atoms with Gasteiger partial charge in [-0.2, -0.15) is 0 Å². The topological polar surface area (TPSA) is 55.8 Å². The second-order valence-electron chi connectivity index (χ2n) is 6.47. The van der Waals surface area contributed by atoms with Gasteiger partial charge >= 0.3 is 0 Å². The molecule has 3 fully saturated rings. The summed E-state index contributed by atoms with van der Waals surface area (Å²) in [6.45, 7) is 3.60. The van der Waals surface area contributed by atoms with E-state index in [0.717, 1.165) is 6.42 Å². The first kappa shape index (κ1) is 11.1. The largest absolute Gasteiger partial charge is 0.390 e. The Hall–Kier alpha value is -0.710. The Balaban J connectivity index is 1.73. The molecule has 1 aliphatic heterocycles. The van der Waals surface area contributed by atoms with Crippen LogP contribution in [0.2, 0.25) is 0 Å². The molecule has 3 aliphatic carbocycles. The molecule has 2 bridgehead atoms. The zero-order valence-electron chi connectivity index (χ0n) is 10.6. The number of ketones is 1. The van der Waals surface area contributed by atoms with Crippen LogP contribution in [0.4, 0.5) is 0 Å². The molecule has 0 unspecified atom stereocenters. The Morgan fingerprint density at radius 2 is 2.00 bits per heavy atom. The Morgan fingerprint density at radius 3 is 2.78 bits per heavy atom. The van der Waals surface area contributed by atoms with Gasteiger partial charge in [0.1, 0.15) is 12.2 Å². The lowest BCUT2D eigenvalue weighted by molar-refractivity contribution is -0.157. The molecule has 4 rings (SSSR count). The highest BCUT2D eigenvalue weighted by atomic mass is 16.8. The van der Waals surface area contributed by atoms with Crippen LogP contribution in [0.1, 0.15) is 20.3 Å². The maximum Gasteiger partial charge on any atom is 0.168 e. The summed E-state index contributed by atoms with van der Waals surface area (Å²) in [4.78, 5) is 12.6. The average molecular weight is 250 g/mol. The summed E-state index contributed by atoms with van der Waals surface area (Å²) in [5.41, 5.74) is 0. The van der Waals surface area contributed by atoms with Gasteiger partial charge in [0, 0.05) is 11.8 Å². The van der Waals surface area contributed by atoms with E-state index in [0.29, 0.717) is 11.8 Å². The maximum atomic E-state index is 12.6. The van der Waals surface area contributed by atoms with Crippen LogP contribution < -0.4 is 0 Å². The molecule has 1 heterocycles. The summed E-state index contributed by atoms with van der Waals surface area (Å²) in [6.07, 6.45) is 3.65. The summed E-state index contributed by atoms with van der Waals surface area (Å²) in [7, 11) is 0. The van der Waals surface area contributed by atoms with Gasteiger partial charge in [-0.1, -0.05) is 12.2 Å². The van der Waals surface area contributed by atoms with Gasteiger partial charge in [0.2, 0.25) is 0 Å². The van der Waals surface area contributed by atoms with Crippen molar-refractivity contribution in [1.29, 1.82) is 0 Å². The molecule has 0 spiro atoms. The third kappa shape index (κ3) is 1.23. The lowest BCUT2D eigenvalue weighted by Gasteiger charge is -2.40. The molecule has 4 heteroatoms. The second kappa shape index (κ2) is 3.24. The van der Waals surface area contributed by atoms with Crippen molar-refractivity contribution in [1.82, 2.24) is 0 Å². The predicted molar refractivity (Wildman–Crippen MR) is 62.6 cm³/mol. The Bertz CT molecular complexity index is 441. The lowest BCUT2D eigenvalue weighted by atomic mass is 9.69. The fourth-order valence-electron chi connectivity index (χ4n) is 4.39. The Morgan fingerprint density at radius 1 is 1.28 bits per heavy atom. The van der Waals surface area contributed by atoms with Crippen molar-refractivity contribution in [3.05, 3.63) is 12.2 Å². The van der Waals surface area contributed by atoms with Crippen LogP contribution in [0.3, 0.4) is 0 Å². The number of aliphatic hydroxyl groups is 1. The number of Topliss-reactive ketones (excluding diaryl/α,β-unsaturated/α-hetero) is 1. The second-order valence-corrected chi connectivity index (χ2v) is 6.47. The quantitative estimate of drug-likeness (QED) is 0.649. The van der Waals surface area contributed by atoms with E-state index in [4.69, 9.17) is 9.47 Å². The van der Waals surface area contributed by atoms with Gasteiger partial charge in [-0.25, -0.2) is 0 Å². The summed E-state index contributed by atoms with van der Waals surface area (Å²) >= 11 is 0. The number of carbonyl (C=O) groups is 1. The van der Waals surface area contributed by atoms with Gasteiger partial charge in [-0.3, -0.25) is 4.79 Å². The highest BCUT2D eigenvalue weighted by Gasteiger charge is 2.63. The molecule has 0 radical (unpaired) electrons. The molecular weight excluding hydrogens is 232 g/mol. The van der Waals surface area contributed by atoms with Crippen molar-refractivity contribution in [2.75, 3.05) is 0 Å². The number of hydrogen-bond acceptors (Lipinski definition) is 4. The third-order valence-corrected chi connectivity index (χ3v) is 4.99. The van der Waals surface area contributed by atoms with Crippen molar-refractivity contribution in [2.24, 2.45) is 23.7 Å². The van der Waals surface area contributed by atoms with Crippen LogP contribution in [0.5, 0.6) is 0 Å². The number of carbonyl (C=O) groups excluding carboxylic acids is 1. The molecule has 2 saturated carbocycles. The van der Waals surface area contributed by atoms with E-state index in [1.807, 2.05) is 0 Å². The van der Waals surface area contributed by atoms with E-state index in [1.165, 1.54) is 0 Å². The zero-order valence-corrected chi connectivity index (χ0v) is 10.6. The summed E-state index contributed by atoms with van der Waals surface area (Å²) in [5, 5.41) is 10.5. The van der Waals surface area contributed by atoms with Crippen molar-refractivity contribution >= 4 is 5.78 Å². The van der Waals surface area contributed by atoms with Crippen LogP contribution in [-0.4, -0.2) is 35.0 Å². The van der Waals surface area contributed by atoms with Crippen molar-refractivity contribution in [3.63, 3.8) is 0 Å². The van der Waals surface area contributed by atoms with Crippen LogP contribution in [0, 0.1) is 23.7 Å². The van der Waals surface area contributed by atoms with Crippen molar-refractivity contribution in [3.8, 4) is 0 Å². The van der Waals surface area contributed by atoms with E-state index < -0.39 is 24.1 Å². The Labute approximate surface area is 106 Å². The lowest BCUT2D eigenvalue weighted by Crippen LogP contribution is -2.56. The number of ether oxygens (including phenoxy) is 2. The standard InChI is InChI=1S/C14H18O4/c1-14(2)17-12-10(15)8-6-3-4-7(5-6)9(8)11(16)13(12)18-14/h3-4,6-10,12-13,15H,5H2,1-2H3/t6-,7+,8-,9+,10-,12+,13-/m1/s1. The van der Waals surface area contributed by atoms with E-state index in [2.05, 4.69) is 12.2 Å². The van der Waals surface area contributed by atoms with Gasteiger partial charge < -0.3 is 14.6 Å². The summed E-state index contributed by atoms with van der Waals surface area (Å²) < 4.78 is 11.4. The highest BCUT2D eigenvalue weighted by molar-refractivity contribution is 5.89. The summed E-state index contributed by atoms with van der Waals surface area (Å²) in [5.74, 6) is -0.0165. The molecule has 98 valence electrons. The van der Waals surface area contributed by atoms with Gasteiger partial charge in [-0.05, 0) is 32.1 Å². The van der Waals surface area contributed by atoms with Crippen LogP contribution in [0.15, 0.2) is 12.2 Å². The first-order chi connectivity index (χ1) is 8.48. The molecule has 18 heavy (non-hydrogen) atoms. The number of hydrogen-bond donors (Lipinski definition) is 1. The number of rotatable bonds is 0. The Kier molecular flexibility index (Phi) is 2.01. The fourth-order valence-corrected chi connectivity index (χ4v) is 4.39. The van der Waals surface area contributed by atoms with Crippen LogP contribution in [-0.2, 0) is 14.3 Å². The predicted octanol–water partition coefficient (Wildman–Crippen LogP) is 0.888. The first-order valence-corrected chi connectivity index (χ1v) is 6.74. The number of allylic oxidation sites excluding steroid dienone is 2. The third-order valence-electron chi connectivity index (χ3n) is 4.99. The maximum absolute atomic E-state index is 12.6. The minimum absolute atomic E-state index is 0.0336. The zero-order chi connectivity index (χ0) is 12.7. The molecule has 4 aliphatic rings. The van der Waals surface area contributed by atoms with Gasteiger partial charge in [-0.15, -0.1) is 0 Å². The highest BCUT2D eigenvalue weighted by Crippen LogP contribution is 2.55. The van der Waals surface area contributed by atoms with Crippen molar-refractivity contribution < 1.29 is 19.4 Å². The smallest absolute Gasteiger partial charge is 0.168 e. The molecule has 0 amide bonds. The van der Waals surface area contributed by atoms with Gasteiger partial charge in [0.05, 0.1) is 6.10 Å². The molecule has 0 aromatic heterocycles. The fraction of sp³-hybridized carbons (Fsp3) is 0.786. The molecule has 1 saturated heterocycles. The first-order valence-electron chi connectivity index (χ1n) is 6.74. The molecule has 1 N–H and O–H groups in total. The molecule has 0 aromatic carbocycles. The van der Waals surface area contributed by atoms with Gasteiger partial charge in [0.25, 0.3) is 0 Å². The molecule has 4 nitrogen and oxygen atoms in total. The van der Waals surface area contributed by atoms with E-state index >= 15 is 0 Å². The normalized spacial score (nSPS) is 55.7. The van der Waals surface area contributed by atoms with E-state index in [-0.39, 0.29) is 17.6 Å². The van der Waals surface area contributed by atoms with E-state index in [9.17, 15) is 9.90 Å². The minimum atomic E-state index is -0.767. The minimum Gasteiger partial charge on any atom is -0.390 e. The van der Waals surface area contributed by atoms with Crippen LogP contribution in [0.25, 0.3) is 0 Å². The number of fused-ring (bicyclic) bond motifs is 6. The molecular formula is C14H18O4. The van der Waals surface area contributed by atoms with Crippen LogP contribution >= 0.6 is 0 Å². The van der Waals surface area contributed by atoms with E-state index in [1.54, 1.807) is 13.8 Å². The SMILES string of the molecule is CC1(C)O[C@H]2[C@H](O)[C@H]3[C@@H](C(=O)[C@H]2O1)[C@H]1C=C[C@@H]3C1. The molecule has 0 aromatic rings.